The predicted octanol–water partition coefficient (Wildman–Crippen LogP) is 2.94. The van der Waals surface area contributed by atoms with Crippen molar-refractivity contribution in [3.05, 3.63) is 65.2 Å². The summed E-state index contributed by atoms with van der Waals surface area (Å²) in [5.41, 5.74) is 2.58. The van der Waals surface area contributed by atoms with E-state index in [2.05, 4.69) is 0 Å². The Balaban J connectivity index is 1.81. The van der Waals surface area contributed by atoms with Gasteiger partial charge < -0.3 is 0 Å². The standard InChI is InChI=1S/C17H17NO3S/c1-12-3-9-16(10-4-12)22(20,21)18-11-17(18)15-7-5-14(6-8-15)13(2)19/h3-10,17H,11H2,1-2H3. The average Bonchev–Trinajstić information content (AvgIpc) is 3.29. The van der Waals surface area contributed by atoms with E-state index < -0.39 is 10.0 Å². The minimum absolute atomic E-state index is 0.00600. The number of hydrogen-bond donors (Lipinski definition) is 0. The van der Waals surface area contributed by atoms with Gasteiger partial charge in [0.1, 0.15) is 0 Å². The Morgan fingerprint density at radius 3 is 2.18 bits per heavy atom. The van der Waals surface area contributed by atoms with Crippen LogP contribution in [0.3, 0.4) is 0 Å². The fraction of sp³-hybridized carbons (Fsp3) is 0.235. The molecule has 2 aromatic rings. The first-order chi connectivity index (χ1) is 10.4. The number of sulfonamides is 1. The quantitative estimate of drug-likeness (QED) is 0.644. The molecule has 5 heteroatoms. The molecule has 3 rings (SSSR count). The maximum atomic E-state index is 12.5. The van der Waals surface area contributed by atoms with Gasteiger partial charge in [-0.3, -0.25) is 4.79 Å². The van der Waals surface area contributed by atoms with Crippen LogP contribution < -0.4 is 0 Å². The molecule has 2 unspecified atom stereocenters. The minimum atomic E-state index is -3.44. The van der Waals surface area contributed by atoms with Gasteiger partial charge in [-0.05, 0) is 31.5 Å². The number of ketones is 1. The van der Waals surface area contributed by atoms with E-state index in [1.807, 2.05) is 19.1 Å². The van der Waals surface area contributed by atoms with Crippen LogP contribution in [0.15, 0.2) is 53.4 Å². The molecule has 2 atom stereocenters. The summed E-state index contributed by atoms with van der Waals surface area (Å²) in [4.78, 5) is 11.6. The van der Waals surface area contributed by atoms with Gasteiger partial charge in [-0.25, -0.2) is 8.42 Å². The Morgan fingerprint density at radius 1 is 1.05 bits per heavy atom. The molecule has 1 aliphatic rings. The van der Waals surface area contributed by atoms with Crippen LogP contribution in [0.1, 0.15) is 34.5 Å². The number of Topliss-reactive ketones (excluding diaryl/α,β-unsaturated/α-hetero) is 1. The van der Waals surface area contributed by atoms with Crippen molar-refractivity contribution in [3.63, 3.8) is 0 Å². The Kier molecular flexibility index (Phi) is 3.62. The molecule has 0 radical (unpaired) electrons. The molecule has 1 heterocycles. The zero-order valence-electron chi connectivity index (χ0n) is 12.5. The van der Waals surface area contributed by atoms with Crippen LogP contribution in [0.2, 0.25) is 0 Å². The Bertz CT molecular complexity index is 808. The number of nitrogens with zero attached hydrogens (tertiary/aromatic N) is 1. The molecule has 114 valence electrons. The molecular weight excluding hydrogens is 298 g/mol. The van der Waals surface area contributed by atoms with Gasteiger partial charge in [-0.2, -0.15) is 4.31 Å². The summed E-state index contributed by atoms with van der Waals surface area (Å²) in [6.45, 7) is 3.92. The van der Waals surface area contributed by atoms with Crippen molar-refractivity contribution in [2.24, 2.45) is 0 Å². The Morgan fingerprint density at radius 2 is 1.64 bits per heavy atom. The van der Waals surface area contributed by atoms with Crippen LogP contribution in [0.4, 0.5) is 0 Å². The molecule has 0 aromatic heterocycles. The molecule has 22 heavy (non-hydrogen) atoms. The zero-order valence-corrected chi connectivity index (χ0v) is 13.3. The van der Waals surface area contributed by atoms with E-state index in [0.29, 0.717) is 17.0 Å². The van der Waals surface area contributed by atoms with Crippen LogP contribution in [-0.4, -0.2) is 25.1 Å². The first-order valence-electron chi connectivity index (χ1n) is 7.09. The van der Waals surface area contributed by atoms with Crippen LogP contribution in [-0.2, 0) is 10.0 Å². The van der Waals surface area contributed by atoms with Crippen LogP contribution in [0, 0.1) is 6.92 Å². The number of carbonyl (C=O) groups excluding carboxylic acids is 1. The second-order valence-electron chi connectivity index (χ2n) is 5.58. The predicted molar refractivity (Wildman–Crippen MR) is 84.3 cm³/mol. The highest BCUT2D eigenvalue weighted by molar-refractivity contribution is 7.89. The van der Waals surface area contributed by atoms with Crippen molar-refractivity contribution in [3.8, 4) is 0 Å². The van der Waals surface area contributed by atoms with Gasteiger partial charge in [0.15, 0.2) is 5.78 Å². The molecule has 0 saturated carbocycles. The molecule has 1 saturated heterocycles. The van der Waals surface area contributed by atoms with Gasteiger partial charge in [0.2, 0.25) is 10.0 Å². The van der Waals surface area contributed by atoms with E-state index in [1.165, 1.54) is 11.2 Å². The summed E-state index contributed by atoms with van der Waals surface area (Å²) in [7, 11) is -3.44. The molecule has 0 bridgehead atoms. The fourth-order valence-corrected chi connectivity index (χ4v) is 3.99. The summed E-state index contributed by atoms with van der Waals surface area (Å²) in [5, 5.41) is 0. The SMILES string of the molecule is CC(=O)c1ccc(C2CN2S(=O)(=O)c2ccc(C)cc2)cc1. The van der Waals surface area contributed by atoms with Crippen LogP contribution >= 0.6 is 0 Å². The zero-order chi connectivity index (χ0) is 15.9. The lowest BCUT2D eigenvalue weighted by atomic mass is 10.1. The first-order valence-corrected chi connectivity index (χ1v) is 8.53. The van der Waals surface area contributed by atoms with Crippen LogP contribution in [0.5, 0.6) is 0 Å². The topological polar surface area (TPSA) is 54.2 Å². The van der Waals surface area contributed by atoms with E-state index in [9.17, 15) is 13.2 Å². The Labute approximate surface area is 130 Å². The van der Waals surface area contributed by atoms with Crippen molar-refractivity contribution in [1.82, 2.24) is 4.31 Å². The van der Waals surface area contributed by atoms with Gasteiger partial charge >= 0.3 is 0 Å². The fourth-order valence-electron chi connectivity index (χ4n) is 2.45. The van der Waals surface area contributed by atoms with Gasteiger partial charge in [0.05, 0.1) is 10.9 Å². The van der Waals surface area contributed by atoms with E-state index in [1.54, 1.807) is 36.4 Å². The third-order valence-electron chi connectivity index (χ3n) is 3.90. The van der Waals surface area contributed by atoms with Crippen molar-refractivity contribution < 1.29 is 13.2 Å². The lowest BCUT2D eigenvalue weighted by Crippen LogP contribution is -2.12. The molecule has 0 spiro atoms. The van der Waals surface area contributed by atoms with Crippen molar-refractivity contribution in [2.45, 2.75) is 24.8 Å². The van der Waals surface area contributed by atoms with Crippen molar-refractivity contribution in [1.29, 1.82) is 0 Å². The first kappa shape index (κ1) is 14.9. The molecule has 2 aromatic carbocycles. The summed E-state index contributed by atoms with van der Waals surface area (Å²) >= 11 is 0. The maximum Gasteiger partial charge on any atom is 0.243 e. The second-order valence-corrected chi connectivity index (χ2v) is 7.47. The lowest BCUT2D eigenvalue weighted by Gasteiger charge is -2.07. The highest BCUT2D eigenvalue weighted by Crippen LogP contribution is 2.40. The highest BCUT2D eigenvalue weighted by Gasteiger charge is 2.45. The molecule has 0 aliphatic carbocycles. The van der Waals surface area contributed by atoms with E-state index in [0.717, 1.165) is 11.1 Å². The minimum Gasteiger partial charge on any atom is -0.295 e. The van der Waals surface area contributed by atoms with Gasteiger partial charge in [0, 0.05) is 12.1 Å². The molecule has 1 fully saturated rings. The van der Waals surface area contributed by atoms with Crippen molar-refractivity contribution in [2.75, 3.05) is 6.54 Å². The van der Waals surface area contributed by atoms with Crippen molar-refractivity contribution >= 4 is 15.8 Å². The number of rotatable bonds is 4. The van der Waals surface area contributed by atoms with E-state index in [-0.39, 0.29) is 11.8 Å². The summed E-state index contributed by atoms with van der Waals surface area (Å²) < 4.78 is 26.5. The smallest absolute Gasteiger partial charge is 0.243 e. The summed E-state index contributed by atoms with van der Waals surface area (Å²) in [6.07, 6.45) is 0. The van der Waals surface area contributed by atoms with Gasteiger partial charge in [-0.15, -0.1) is 0 Å². The Hall–Kier alpha value is -1.98. The normalized spacial score (nSPS) is 20.6. The maximum absolute atomic E-state index is 12.5. The lowest BCUT2D eigenvalue weighted by molar-refractivity contribution is 0.101. The van der Waals surface area contributed by atoms with Gasteiger partial charge in [0.25, 0.3) is 0 Å². The molecule has 4 nitrogen and oxygen atoms in total. The molecule has 0 amide bonds. The second kappa shape index (κ2) is 5.34. The van der Waals surface area contributed by atoms with E-state index in [4.69, 9.17) is 0 Å². The number of carbonyl (C=O) groups is 1. The third kappa shape index (κ3) is 2.69. The summed E-state index contributed by atoms with van der Waals surface area (Å²) in [5.74, 6) is 0.00600. The summed E-state index contributed by atoms with van der Waals surface area (Å²) in [6, 6.07) is 13.9. The molecular formula is C17H17NO3S. The molecule has 0 N–H and O–H groups in total. The van der Waals surface area contributed by atoms with E-state index >= 15 is 0 Å². The molecule has 1 aliphatic heterocycles. The number of benzene rings is 2. The largest absolute Gasteiger partial charge is 0.295 e. The number of hydrogen-bond acceptors (Lipinski definition) is 3. The average molecular weight is 315 g/mol. The van der Waals surface area contributed by atoms with Gasteiger partial charge in [-0.1, -0.05) is 42.0 Å². The van der Waals surface area contributed by atoms with Crippen LogP contribution in [0.25, 0.3) is 0 Å². The third-order valence-corrected chi connectivity index (χ3v) is 5.79. The monoisotopic (exact) mass is 315 g/mol. The highest BCUT2D eigenvalue weighted by atomic mass is 32.2. The number of aryl methyl sites for hydroxylation is 1.